The molecule has 6 heteroatoms. The molecule has 1 fully saturated rings. The highest BCUT2D eigenvalue weighted by molar-refractivity contribution is 6.32. The minimum absolute atomic E-state index is 0.207. The lowest BCUT2D eigenvalue weighted by Gasteiger charge is -2.30. The van der Waals surface area contributed by atoms with Crippen molar-refractivity contribution < 1.29 is 4.74 Å². The topological polar surface area (TPSA) is 67.8 Å². The van der Waals surface area contributed by atoms with Crippen LogP contribution >= 0.6 is 11.6 Å². The Hall–Kier alpha value is -1.43. The molecule has 4 N–H and O–H groups in total. The van der Waals surface area contributed by atoms with Gasteiger partial charge in [0, 0.05) is 36.4 Å². The number of nitrogens with two attached hydrogens (primary N) is 2. The van der Waals surface area contributed by atoms with Crippen LogP contribution in [-0.2, 0) is 0 Å². The Labute approximate surface area is 143 Å². The molecule has 1 aliphatic heterocycles. The second-order valence-corrected chi connectivity index (χ2v) is 6.55. The van der Waals surface area contributed by atoms with E-state index in [2.05, 4.69) is 11.9 Å². The molecule has 23 heavy (non-hydrogen) atoms. The minimum atomic E-state index is 0.207. The molecular formula is C17H27ClN4O. The highest BCUT2D eigenvalue weighted by Crippen LogP contribution is 2.34. The first-order valence-electron chi connectivity index (χ1n) is 8.04. The van der Waals surface area contributed by atoms with E-state index in [0.29, 0.717) is 17.1 Å². The molecule has 1 aromatic carbocycles. The number of ether oxygens (including phenoxy) is 1. The lowest BCUT2D eigenvalue weighted by Crippen LogP contribution is -2.36. The van der Waals surface area contributed by atoms with Gasteiger partial charge in [-0.15, -0.1) is 0 Å². The number of nitrogen functional groups attached to an aromatic ring is 1. The predicted octanol–water partition coefficient (Wildman–Crippen LogP) is 2.86. The molecule has 0 atom stereocenters. The Morgan fingerprint density at radius 3 is 2.61 bits per heavy atom. The zero-order valence-corrected chi connectivity index (χ0v) is 14.9. The van der Waals surface area contributed by atoms with Gasteiger partial charge in [-0.3, -0.25) is 0 Å². The Kier molecular flexibility index (Phi) is 6.16. The van der Waals surface area contributed by atoms with E-state index in [-0.39, 0.29) is 6.10 Å². The van der Waals surface area contributed by atoms with Crippen LogP contribution in [0.3, 0.4) is 0 Å². The minimum Gasteiger partial charge on any atom is -0.490 e. The van der Waals surface area contributed by atoms with Crippen molar-refractivity contribution in [2.24, 2.45) is 5.84 Å². The van der Waals surface area contributed by atoms with Crippen LogP contribution in [0.1, 0.15) is 31.7 Å². The number of likely N-dealkylation sites (tertiary alicyclic amines) is 1. The fourth-order valence-electron chi connectivity index (χ4n) is 2.81. The van der Waals surface area contributed by atoms with E-state index in [1.165, 1.54) is 5.01 Å². The lowest BCUT2D eigenvalue weighted by molar-refractivity contribution is 0.114. The monoisotopic (exact) mass is 338 g/mol. The number of hydrogen-bond donors (Lipinski definition) is 2. The lowest BCUT2D eigenvalue weighted by atomic mass is 10.1. The summed E-state index contributed by atoms with van der Waals surface area (Å²) in [7, 11) is 3.91. The summed E-state index contributed by atoms with van der Waals surface area (Å²) in [5.41, 5.74) is 8.24. The molecule has 0 bridgehead atoms. The van der Waals surface area contributed by atoms with Gasteiger partial charge in [0.2, 0.25) is 0 Å². The number of nitrogens with zero attached hydrogens (tertiary/aromatic N) is 2. The van der Waals surface area contributed by atoms with Crippen molar-refractivity contribution in [3.63, 3.8) is 0 Å². The number of piperidine rings is 1. The second kappa shape index (κ2) is 7.90. The van der Waals surface area contributed by atoms with E-state index in [0.717, 1.165) is 42.9 Å². The third-order valence-electron chi connectivity index (χ3n) is 4.14. The van der Waals surface area contributed by atoms with Gasteiger partial charge in [-0.05, 0) is 44.5 Å². The molecule has 0 amide bonds. The molecule has 5 nitrogen and oxygen atoms in total. The average Bonchev–Trinajstić information content (AvgIpc) is 2.51. The number of benzene rings is 1. The van der Waals surface area contributed by atoms with Gasteiger partial charge in [0.1, 0.15) is 11.9 Å². The number of hydrogen-bond acceptors (Lipinski definition) is 5. The fraction of sp³-hybridized carbons (Fsp3) is 0.529. The molecule has 1 heterocycles. The van der Waals surface area contributed by atoms with Crippen LogP contribution in [0.2, 0.25) is 0 Å². The molecule has 0 unspecified atom stereocenters. The predicted molar refractivity (Wildman–Crippen MR) is 97.0 cm³/mol. The summed E-state index contributed by atoms with van der Waals surface area (Å²) < 4.78 is 6.26. The Balaban J connectivity index is 2.33. The van der Waals surface area contributed by atoms with E-state index in [1.54, 1.807) is 7.05 Å². The molecule has 128 valence electrons. The van der Waals surface area contributed by atoms with Crippen LogP contribution < -0.4 is 16.3 Å². The first kappa shape index (κ1) is 17.9. The van der Waals surface area contributed by atoms with Gasteiger partial charge >= 0.3 is 0 Å². The first-order chi connectivity index (χ1) is 10.9. The van der Waals surface area contributed by atoms with Crippen molar-refractivity contribution in [3.8, 4) is 5.75 Å². The molecule has 1 saturated heterocycles. The molecule has 0 radical (unpaired) electrons. The van der Waals surface area contributed by atoms with E-state index in [1.807, 2.05) is 25.1 Å². The van der Waals surface area contributed by atoms with Gasteiger partial charge in [-0.2, -0.15) is 0 Å². The number of anilines is 1. The van der Waals surface area contributed by atoms with Gasteiger partial charge in [0.25, 0.3) is 0 Å². The van der Waals surface area contributed by atoms with Gasteiger partial charge < -0.3 is 20.4 Å². The summed E-state index contributed by atoms with van der Waals surface area (Å²) in [6.45, 7) is 4.09. The van der Waals surface area contributed by atoms with Crippen LogP contribution in [-0.4, -0.2) is 43.2 Å². The van der Waals surface area contributed by atoms with Crippen LogP contribution in [0.25, 0.3) is 5.70 Å². The van der Waals surface area contributed by atoms with Gasteiger partial charge in [-0.25, -0.2) is 5.84 Å². The van der Waals surface area contributed by atoms with E-state index in [4.69, 9.17) is 27.9 Å². The zero-order chi connectivity index (χ0) is 17.0. The highest BCUT2D eigenvalue weighted by atomic mass is 35.5. The summed E-state index contributed by atoms with van der Waals surface area (Å²) in [6.07, 6.45) is 2.93. The molecule has 0 aromatic heterocycles. The zero-order valence-electron chi connectivity index (χ0n) is 14.2. The van der Waals surface area contributed by atoms with Crippen molar-refractivity contribution >= 4 is 23.0 Å². The number of hydrazine groups is 1. The van der Waals surface area contributed by atoms with E-state index >= 15 is 0 Å². The standard InChI is InChI=1S/C17H27ClN4O/c1-4-15(18)17(22(3)20)14-11-12(19)5-6-16(14)23-13-7-9-21(2)10-8-13/h5-6,11,13H,4,7-10,19-20H2,1-3H3/b17-15+. The molecule has 2 rings (SSSR count). The molecule has 0 saturated carbocycles. The van der Waals surface area contributed by atoms with Crippen molar-refractivity contribution in [1.29, 1.82) is 0 Å². The molecular weight excluding hydrogens is 312 g/mol. The maximum atomic E-state index is 6.40. The summed E-state index contributed by atoms with van der Waals surface area (Å²) in [5.74, 6) is 6.79. The number of halogens is 1. The van der Waals surface area contributed by atoms with Gasteiger partial charge in [-0.1, -0.05) is 18.5 Å². The van der Waals surface area contributed by atoms with Crippen LogP contribution in [0.4, 0.5) is 5.69 Å². The summed E-state index contributed by atoms with van der Waals surface area (Å²) in [6, 6.07) is 5.63. The van der Waals surface area contributed by atoms with Gasteiger partial charge in [0.05, 0.1) is 5.70 Å². The highest BCUT2D eigenvalue weighted by Gasteiger charge is 2.21. The third-order valence-corrected chi connectivity index (χ3v) is 4.58. The van der Waals surface area contributed by atoms with Gasteiger partial charge in [0.15, 0.2) is 0 Å². The quantitative estimate of drug-likeness (QED) is 0.491. The van der Waals surface area contributed by atoms with Crippen molar-refractivity contribution in [1.82, 2.24) is 9.91 Å². The Morgan fingerprint density at radius 2 is 2.04 bits per heavy atom. The summed E-state index contributed by atoms with van der Waals surface area (Å²) >= 11 is 6.40. The normalized spacial score (nSPS) is 17.8. The SMILES string of the molecule is CC/C(Cl)=C(/c1cc(N)ccc1OC1CCN(C)CC1)N(C)N. The second-order valence-electron chi connectivity index (χ2n) is 6.09. The Bertz CT molecular complexity index is 566. The Morgan fingerprint density at radius 1 is 1.39 bits per heavy atom. The largest absolute Gasteiger partial charge is 0.490 e. The summed E-state index contributed by atoms with van der Waals surface area (Å²) in [4.78, 5) is 2.32. The molecule has 0 spiro atoms. The van der Waals surface area contributed by atoms with Crippen molar-refractivity contribution in [2.45, 2.75) is 32.3 Å². The molecule has 0 aliphatic carbocycles. The maximum absolute atomic E-state index is 6.40. The van der Waals surface area contributed by atoms with E-state index < -0.39 is 0 Å². The maximum Gasteiger partial charge on any atom is 0.129 e. The first-order valence-corrected chi connectivity index (χ1v) is 8.42. The van der Waals surface area contributed by atoms with Crippen molar-refractivity contribution in [3.05, 3.63) is 28.8 Å². The van der Waals surface area contributed by atoms with Crippen LogP contribution in [0.5, 0.6) is 5.75 Å². The van der Waals surface area contributed by atoms with Crippen LogP contribution in [0, 0.1) is 0 Å². The smallest absolute Gasteiger partial charge is 0.129 e. The number of rotatable bonds is 5. The third kappa shape index (κ3) is 4.53. The van der Waals surface area contributed by atoms with Crippen LogP contribution in [0.15, 0.2) is 23.2 Å². The number of allylic oxidation sites excluding steroid dienone is 1. The molecule has 1 aromatic rings. The fourth-order valence-corrected chi connectivity index (χ4v) is 3.05. The van der Waals surface area contributed by atoms with E-state index in [9.17, 15) is 0 Å². The van der Waals surface area contributed by atoms with Crippen molar-refractivity contribution in [2.75, 3.05) is 32.9 Å². The summed E-state index contributed by atoms with van der Waals surface area (Å²) in [5, 5.41) is 2.22. The molecule has 1 aliphatic rings. The average molecular weight is 339 g/mol.